The lowest BCUT2D eigenvalue weighted by atomic mass is 10.0. The molecule has 20 heavy (non-hydrogen) atoms. The molecule has 106 valence electrons. The number of hydrogen-bond acceptors (Lipinski definition) is 3. The van der Waals surface area contributed by atoms with Crippen LogP contribution in [-0.4, -0.2) is 29.5 Å². The second kappa shape index (κ2) is 7.85. The average Bonchev–Trinajstić information content (AvgIpc) is 2.40. The van der Waals surface area contributed by atoms with Gasteiger partial charge in [0.15, 0.2) is 0 Å². The third-order valence-electron chi connectivity index (χ3n) is 2.60. The summed E-state index contributed by atoms with van der Waals surface area (Å²) in [5.74, 6) is 5.02. The van der Waals surface area contributed by atoms with E-state index in [1.54, 1.807) is 31.2 Å². The molecule has 3 N–H and O–H groups in total. The molecular formula is C15H18N2O3. The minimum Gasteiger partial charge on any atom is -0.508 e. The lowest BCUT2D eigenvalue weighted by Crippen LogP contribution is -2.47. The Morgan fingerprint density at radius 3 is 2.50 bits per heavy atom. The van der Waals surface area contributed by atoms with Gasteiger partial charge in [-0.2, -0.15) is 0 Å². The van der Waals surface area contributed by atoms with E-state index in [2.05, 4.69) is 22.5 Å². The number of benzene rings is 1. The zero-order valence-corrected chi connectivity index (χ0v) is 11.6. The van der Waals surface area contributed by atoms with Crippen molar-refractivity contribution in [2.45, 2.75) is 26.3 Å². The smallest absolute Gasteiger partial charge is 0.243 e. The Balaban J connectivity index is 2.71. The number of hydrogen-bond donors (Lipinski definition) is 3. The second-order valence-electron chi connectivity index (χ2n) is 4.27. The van der Waals surface area contributed by atoms with Crippen LogP contribution >= 0.6 is 0 Å². The Labute approximate surface area is 118 Å². The molecule has 1 atom stereocenters. The van der Waals surface area contributed by atoms with Crippen molar-refractivity contribution in [1.29, 1.82) is 0 Å². The maximum atomic E-state index is 12.0. The van der Waals surface area contributed by atoms with Crippen molar-refractivity contribution in [3.8, 4) is 17.6 Å². The molecule has 0 aliphatic rings. The summed E-state index contributed by atoms with van der Waals surface area (Å²) in [5, 5.41) is 14.5. The van der Waals surface area contributed by atoms with Crippen LogP contribution < -0.4 is 10.6 Å². The van der Waals surface area contributed by atoms with E-state index in [-0.39, 0.29) is 24.1 Å². The van der Waals surface area contributed by atoms with Crippen LogP contribution in [0.2, 0.25) is 0 Å². The number of phenols is 1. The summed E-state index contributed by atoms with van der Waals surface area (Å²) in [6.45, 7) is 3.30. The van der Waals surface area contributed by atoms with Gasteiger partial charge in [0, 0.05) is 13.3 Å². The van der Waals surface area contributed by atoms with Crippen LogP contribution in [0.3, 0.4) is 0 Å². The Morgan fingerprint density at radius 2 is 1.95 bits per heavy atom. The zero-order chi connectivity index (χ0) is 15.0. The maximum Gasteiger partial charge on any atom is 0.243 e. The third kappa shape index (κ3) is 5.44. The summed E-state index contributed by atoms with van der Waals surface area (Å²) < 4.78 is 0. The van der Waals surface area contributed by atoms with Gasteiger partial charge in [0.05, 0.1) is 6.54 Å². The molecular weight excluding hydrogens is 256 g/mol. The van der Waals surface area contributed by atoms with E-state index in [4.69, 9.17) is 0 Å². The van der Waals surface area contributed by atoms with Crippen LogP contribution in [0.1, 0.15) is 19.4 Å². The quantitative estimate of drug-likeness (QED) is 0.687. The van der Waals surface area contributed by atoms with E-state index in [0.717, 1.165) is 5.56 Å². The van der Waals surface area contributed by atoms with Crippen LogP contribution in [0.25, 0.3) is 0 Å². The van der Waals surface area contributed by atoms with E-state index in [1.165, 1.54) is 6.92 Å². The van der Waals surface area contributed by atoms with Crippen molar-refractivity contribution in [2.75, 3.05) is 6.54 Å². The van der Waals surface area contributed by atoms with E-state index >= 15 is 0 Å². The zero-order valence-electron chi connectivity index (χ0n) is 11.6. The Bertz CT molecular complexity index is 526. The lowest BCUT2D eigenvalue weighted by molar-refractivity contribution is -0.127. The fourth-order valence-corrected chi connectivity index (χ4v) is 1.67. The molecule has 0 heterocycles. The number of carbonyl (C=O) groups is 2. The molecule has 0 aliphatic heterocycles. The molecule has 1 aromatic carbocycles. The van der Waals surface area contributed by atoms with Crippen molar-refractivity contribution in [3.63, 3.8) is 0 Å². The monoisotopic (exact) mass is 274 g/mol. The summed E-state index contributed by atoms with van der Waals surface area (Å²) in [5.41, 5.74) is 0.846. The molecule has 0 saturated heterocycles. The molecule has 0 bridgehead atoms. The van der Waals surface area contributed by atoms with E-state index in [0.29, 0.717) is 6.42 Å². The largest absolute Gasteiger partial charge is 0.508 e. The average molecular weight is 274 g/mol. The molecule has 0 spiro atoms. The van der Waals surface area contributed by atoms with Gasteiger partial charge in [-0.1, -0.05) is 18.1 Å². The SMILES string of the molecule is CC#CCNC(=O)C(Cc1ccc(O)cc1)NC(C)=O. The standard InChI is InChI=1S/C15H18N2O3/c1-3-4-9-16-15(20)14(17-11(2)18)10-12-5-7-13(19)8-6-12/h5-8,14,19H,9-10H2,1-2H3,(H,16,20)(H,17,18). The summed E-state index contributed by atoms with van der Waals surface area (Å²) >= 11 is 0. The van der Waals surface area contributed by atoms with Gasteiger partial charge in [0.1, 0.15) is 11.8 Å². The predicted molar refractivity (Wildman–Crippen MR) is 75.9 cm³/mol. The molecule has 0 radical (unpaired) electrons. The van der Waals surface area contributed by atoms with Gasteiger partial charge < -0.3 is 15.7 Å². The first-order chi connectivity index (χ1) is 9.52. The Hall–Kier alpha value is -2.48. The maximum absolute atomic E-state index is 12.0. The summed E-state index contributed by atoms with van der Waals surface area (Å²) in [4.78, 5) is 23.2. The fraction of sp³-hybridized carbons (Fsp3) is 0.333. The van der Waals surface area contributed by atoms with Gasteiger partial charge in [-0.05, 0) is 24.6 Å². The summed E-state index contributed by atoms with van der Waals surface area (Å²) in [6.07, 6.45) is 0.352. The van der Waals surface area contributed by atoms with Crippen molar-refractivity contribution in [2.24, 2.45) is 0 Å². The first kappa shape index (κ1) is 15.6. The summed E-state index contributed by atoms with van der Waals surface area (Å²) in [6, 6.07) is 5.85. The van der Waals surface area contributed by atoms with Gasteiger partial charge in [0.25, 0.3) is 0 Å². The molecule has 0 aliphatic carbocycles. The highest BCUT2D eigenvalue weighted by molar-refractivity contribution is 5.87. The van der Waals surface area contributed by atoms with Crippen LogP contribution in [0.5, 0.6) is 5.75 Å². The Morgan fingerprint density at radius 1 is 1.30 bits per heavy atom. The van der Waals surface area contributed by atoms with E-state index < -0.39 is 6.04 Å². The molecule has 5 heteroatoms. The van der Waals surface area contributed by atoms with Crippen molar-refractivity contribution < 1.29 is 14.7 Å². The van der Waals surface area contributed by atoms with Crippen molar-refractivity contribution in [1.82, 2.24) is 10.6 Å². The van der Waals surface area contributed by atoms with Gasteiger partial charge in [0.2, 0.25) is 11.8 Å². The highest BCUT2D eigenvalue weighted by Gasteiger charge is 2.19. The van der Waals surface area contributed by atoms with Gasteiger partial charge in [-0.3, -0.25) is 9.59 Å². The highest BCUT2D eigenvalue weighted by Crippen LogP contribution is 2.11. The van der Waals surface area contributed by atoms with Gasteiger partial charge >= 0.3 is 0 Å². The van der Waals surface area contributed by atoms with Gasteiger partial charge in [-0.25, -0.2) is 0 Å². The normalized spacial score (nSPS) is 10.9. The molecule has 1 aromatic rings. The molecule has 0 aromatic heterocycles. The van der Waals surface area contributed by atoms with Crippen LogP contribution in [0.15, 0.2) is 24.3 Å². The topological polar surface area (TPSA) is 78.4 Å². The molecule has 1 unspecified atom stereocenters. The first-order valence-electron chi connectivity index (χ1n) is 6.25. The molecule has 0 fully saturated rings. The van der Waals surface area contributed by atoms with Crippen LogP contribution in [-0.2, 0) is 16.0 Å². The first-order valence-corrected chi connectivity index (χ1v) is 6.25. The van der Waals surface area contributed by atoms with Crippen LogP contribution in [0.4, 0.5) is 0 Å². The van der Waals surface area contributed by atoms with Crippen LogP contribution in [0, 0.1) is 11.8 Å². The van der Waals surface area contributed by atoms with Crippen molar-refractivity contribution >= 4 is 11.8 Å². The lowest BCUT2D eigenvalue weighted by Gasteiger charge is -2.17. The number of nitrogens with one attached hydrogen (secondary N) is 2. The fourth-order valence-electron chi connectivity index (χ4n) is 1.67. The minimum atomic E-state index is -0.657. The number of aromatic hydroxyl groups is 1. The number of carbonyl (C=O) groups excluding carboxylic acids is 2. The van der Waals surface area contributed by atoms with Gasteiger partial charge in [-0.15, -0.1) is 5.92 Å². The highest BCUT2D eigenvalue weighted by atomic mass is 16.3. The molecule has 5 nitrogen and oxygen atoms in total. The number of phenolic OH excluding ortho intramolecular Hbond substituents is 1. The Kier molecular flexibility index (Phi) is 6.11. The molecule has 1 rings (SSSR count). The van der Waals surface area contributed by atoms with E-state index in [1.807, 2.05) is 0 Å². The van der Waals surface area contributed by atoms with Crippen molar-refractivity contribution in [3.05, 3.63) is 29.8 Å². The number of amides is 2. The molecule has 2 amide bonds. The molecule has 0 saturated carbocycles. The second-order valence-corrected chi connectivity index (χ2v) is 4.27. The third-order valence-corrected chi connectivity index (χ3v) is 2.60. The van der Waals surface area contributed by atoms with E-state index in [9.17, 15) is 14.7 Å². The predicted octanol–water partition coefficient (Wildman–Crippen LogP) is 0.579. The number of rotatable bonds is 5. The summed E-state index contributed by atoms with van der Waals surface area (Å²) in [7, 11) is 0. The minimum absolute atomic E-state index is 0.160.